The molecule has 0 spiro atoms. The second-order valence-corrected chi connectivity index (χ2v) is 5.08. The maximum atomic E-state index is 12.5. The van der Waals surface area contributed by atoms with Crippen LogP contribution >= 0.6 is 0 Å². The van der Waals surface area contributed by atoms with Gasteiger partial charge in [0.25, 0.3) is 11.8 Å². The number of carbonyl (C=O) groups excluding carboxylic acids is 2. The van der Waals surface area contributed by atoms with Gasteiger partial charge in [0.05, 0.1) is 0 Å². The van der Waals surface area contributed by atoms with E-state index in [1.807, 2.05) is 30.3 Å². The largest absolute Gasteiger partial charge is 0.349 e. The maximum Gasteiger partial charge on any atom is 0.272 e. The Morgan fingerprint density at radius 3 is 2.70 bits per heavy atom. The molecular formula is C18H19N3O2. The number of benzene rings is 1. The number of pyridine rings is 1. The minimum Gasteiger partial charge on any atom is -0.349 e. The molecule has 2 aromatic rings. The zero-order chi connectivity index (χ0) is 16.7. The van der Waals surface area contributed by atoms with E-state index in [-0.39, 0.29) is 17.5 Å². The third-order valence-electron chi connectivity index (χ3n) is 3.26. The van der Waals surface area contributed by atoms with Crippen molar-refractivity contribution in [3.05, 3.63) is 78.1 Å². The number of aromatic nitrogens is 1. The van der Waals surface area contributed by atoms with Crippen LogP contribution in [0.15, 0.2) is 61.3 Å². The van der Waals surface area contributed by atoms with Crippen LogP contribution in [0.25, 0.3) is 0 Å². The Hall–Kier alpha value is -2.95. The molecule has 0 aliphatic heterocycles. The summed E-state index contributed by atoms with van der Waals surface area (Å²) in [6.45, 7) is 4.40. The molecular weight excluding hydrogens is 290 g/mol. The Morgan fingerprint density at radius 2 is 2.00 bits per heavy atom. The van der Waals surface area contributed by atoms with Crippen LogP contribution in [0.5, 0.6) is 0 Å². The topological polar surface area (TPSA) is 62.3 Å². The van der Waals surface area contributed by atoms with Crippen LogP contribution in [0, 0.1) is 0 Å². The van der Waals surface area contributed by atoms with Gasteiger partial charge in [-0.05, 0) is 17.7 Å². The number of nitrogens with one attached hydrogen (secondary N) is 1. The van der Waals surface area contributed by atoms with E-state index in [2.05, 4.69) is 16.9 Å². The van der Waals surface area contributed by atoms with Gasteiger partial charge in [0.1, 0.15) is 5.69 Å². The summed E-state index contributed by atoms with van der Waals surface area (Å²) < 4.78 is 0. The lowest BCUT2D eigenvalue weighted by Gasteiger charge is -2.17. The summed E-state index contributed by atoms with van der Waals surface area (Å²) in [6.07, 6.45) is 3.06. The van der Waals surface area contributed by atoms with Crippen molar-refractivity contribution in [2.45, 2.75) is 6.54 Å². The fourth-order valence-corrected chi connectivity index (χ4v) is 2.08. The quantitative estimate of drug-likeness (QED) is 0.833. The van der Waals surface area contributed by atoms with Gasteiger partial charge in [-0.1, -0.05) is 36.4 Å². The Balaban J connectivity index is 2.09. The van der Waals surface area contributed by atoms with E-state index in [1.165, 1.54) is 12.3 Å². The molecule has 0 fully saturated rings. The first-order chi connectivity index (χ1) is 11.1. The van der Waals surface area contributed by atoms with Crippen molar-refractivity contribution in [3.63, 3.8) is 0 Å². The van der Waals surface area contributed by atoms with Crippen LogP contribution in [0.3, 0.4) is 0 Å². The normalized spacial score (nSPS) is 9.96. The molecule has 0 saturated heterocycles. The molecule has 0 aliphatic carbocycles. The van der Waals surface area contributed by atoms with Gasteiger partial charge in [0.15, 0.2) is 0 Å². The molecule has 0 unspecified atom stereocenters. The molecule has 2 amide bonds. The summed E-state index contributed by atoms with van der Waals surface area (Å²) in [5.41, 5.74) is 1.68. The molecule has 0 bridgehead atoms. The fraction of sp³-hybridized carbons (Fsp3) is 0.167. The van der Waals surface area contributed by atoms with Gasteiger partial charge in [-0.3, -0.25) is 14.6 Å². The van der Waals surface area contributed by atoms with Crippen molar-refractivity contribution >= 4 is 11.8 Å². The van der Waals surface area contributed by atoms with E-state index in [0.717, 1.165) is 5.56 Å². The van der Waals surface area contributed by atoms with Crippen molar-refractivity contribution < 1.29 is 9.59 Å². The molecule has 0 aliphatic rings. The van der Waals surface area contributed by atoms with Gasteiger partial charge < -0.3 is 10.2 Å². The number of hydrogen-bond acceptors (Lipinski definition) is 3. The van der Waals surface area contributed by atoms with Crippen molar-refractivity contribution in [1.82, 2.24) is 15.2 Å². The van der Waals surface area contributed by atoms with E-state index in [0.29, 0.717) is 18.7 Å². The first-order valence-corrected chi connectivity index (χ1v) is 7.26. The van der Waals surface area contributed by atoms with Crippen molar-refractivity contribution in [2.24, 2.45) is 0 Å². The third-order valence-corrected chi connectivity index (χ3v) is 3.26. The second-order valence-electron chi connectivity index (χ2n) is 5.08. The highest BCUT2D eigenvalue weighted by Gasteiger charge is 2.15. The van der Waals surface area contributed by atoms with Crippen LogP contribution in [0.4, 0.5) is 0 Å². The van der Waals surface area contributed by atoms with E-state index < -0.39 is 0 Å². The highest BCUT2D eigenvalue weighted by molar-refractivity contribution is 5.98. The molecule has 23 heavy (non-hydrogen) atoms. The maximum absolute atomic E-state index is 12.5. The Kier molecular flexibility index (Phi) is 5.63. The van der Waals surface area contributed by atoms with Gasteiger partial charge >= 0.3 is 0 Å². The van der Waals surface area contributed by atoms with Crippen LogP contribution in [0.1, 0.15) is 26.4 Å². The first kappa shape index (κ1) is 16.4. The lowest BCUT2D eigenvalue weighted by Crippen LogP contribution is -2.28. The van der Waals surface area contributed by atoms with E-state index in [4.69, 9.17) is 0 Å². The van der Waals surface area contributed by atoms with E-state index in [9.17, 15) is 9.59 Å². The lowest BCUT2D eigenvalue weighted by atomic mass is 10.2. The zero-order valence-corrected chi connectivity index (χ0v) is 13.0. The predicted molar refractivity (Wildman–Crippen MR) is 89.0 cm³/mol. The molecule has 0 saturated carbocycles. The summed E-state index contributed by atoms with van der Waals surface area (Å²) >= 11 is 0. The van der Waals surface area contributed by atoms with E-state index in [1.54, 1.807) is 24.1 Å². The summed E-state index contributed by atoms with van der Waals surface area (Å²) in [4.78, 5) is 30.0. The smallest absolute Gasteiger partial charge is 0.272 e. The Labute approximate surface area is 135 Å². The van der Waals surface area contributed by atoms with Gasteiger partial charge in [-0.2, -0.15) is 0 Å². The molecule has 1 N–H and O–H groups in total. The molecule has 0 radical (unpaired) electrons. The molecule has 1 aromatic heterocycles. The average Bonchev–Trinajstić information content (AvgIpc) is 2.60. The number of rotatable bonds is 6. The van der Waals surface area contributed by atoms with Gasteiger partial charge in [0.2, 0.25) is 0 Å². The number of nitrogens with zero attached hydrogens (tertiary/aromatic N) is 2. The van der Waals surface area contributed by atoms with Crippen molar-refractivity contribution in [2.75, 3.05) is 13.6 Å². The van der Waals surface area contributed by atoms with E-state index >= 15 is 0 Å². The molecule has 5 heteroatoms. The monoisotopic (exact) mass is 309 g/mol. The standard InChI is InChI=1S/C18H19N3O2/c1-3-10-20-17(22)15-9-11-19-16(12-15)18(23)21(2)13-14-7-5-4-6-8-14/h3-9,11-12H,1,10,13H2,2H3,(H,20,22). The summed E-state index contributed by atoms with van der Waals surface area (Å²) in [5, 5.41) is 2.67. The Morgan fingerprint density at radius 1 is 1.26 bits per heavy atom. The third kappa shape index (κ3) is 4.51. The highest BCUT2D eigenvalue weighted by Crippen LogP contribution is 2.08. The molecule has 0 atom stereocenters. The molecule has 2 rings (SSSR count). The van der Waals surface area contributed by atoms with Crippen LogP contribution in [-0.2, 0) is 6.54 Å². The molecule has 5 nitrogen and oxygen atoms in total. The van der Waals surface area contributed by atoms with Gasteiger partial charge in [0, 0.05) is 31.9 Å². The van der Waals surface area contributed by atoms with Crippen LogP contribution in [0.2, 0.25) is 0 Å². The highest BCUT2D eigenvalue weighted by atomic mass is 16.2. The van der Waals surface area contributed by atoms with Crippen molar-refractivity contribution in [1.29, 1.82) is 0 Å². The van der Waals surface area contributed by atoms with Gasteiger partial charge in [-0.25, -0.2) is 0 Å². The minimum absolute atomic E-state index is 0.229. The number of hydrogen-bond donors (Lipinski definition) is 1. The molecule has 1 heterocycles. The molecule has 118 valence electrons. The first-order valence-electron chi connectivity index (χ1n) is 7.26. The van der Waals surface area contributed by atoms with Crippen LogP contribution < -0.4 is 5.32 Å². The van der Waals surface area contributed by atoms with Gasteiger partial charge in [-0.15, -0.1) is 6.58 Å². The number of amides is 2. The lowest BCUT2D eigenvalue weighted by molar-refractivity contribution is 0.0779. The SMILES string of the molecule is C=CCNC(=O)c1ccnc(C(=O)N(C)Cc2ccccc2)c1. The minimum atomic E-state index is -0.257. The fourth-order valence-electron chi connectivity index (χ4n) is 2.08. The van der Waals surface area contributed by atoms with Crippen molar-refractivity contribution in [3.8, 4) is 0 Å². The Bertz CT molecular complexity index is 698. The average molecular weight is 309 g/mol. The summed E-state index contributed by atoms with van der Waals surface area (Å²) in [7, 11) is 1.71. The van der Waals surface area contributed by atoms with Crippen LogP contribution in [-0.4, -0.2) is 35.3 Å². The second kappa shape index (κ2) is 7.89. The zero-order valence-electron chi connectivity index (χ0n) is 13.0. The summed E-state index contributed by atoms with van der Waals surface area (Å²) in [6, 6.07) is 12.8. The summed E-state index contributed by atoms with van der Waals surface area (Å²) in [5.74, 6) is -0.487. The number of carbonyl (C=O) groups is 2. The predicted octanol–water partition coefficient (Wildman–Crippen LogP) is 2.27. The molecule has 1 aromatic carbocycles.